The maximum atomic E-state index is 12.2. The topological polar surface area (TPSA) is 46.6 Å². The van der Waals surface area contributed by atoms with Crippen LogP contribution < -0.4 is 9.64 Å². The highest BCUT2D eigenvalue weighted by atomic mass is 16.5. The molecule has 1 aliphatic rings. The van der Waals surface area contributed by atoms with E-state index in [0.717, 1.165) is 21.8 Å². The van der Waals surface area contributed by atoms with Crippen LogP contribution in [0.15, 0.2) is 54.6 Å². The van der Waals surface area contributed by atoms with Gasteiger partial charge in [-0.2, -0.15) is 0 Å². The van der Waals surface area contributed by atoms with Crippen molar-refractivity contribution in [2.24, 2.45) is 0 Å². The van der Waals surface area contributed by atoms with Crippen molar-refractivity contribution in [3.63, 3.8) is 0 Å². The second kappa shape index (κ2) is 6.93. The minimum Gasteiger partial charge on any atom is -0.455 e. The highest BCUT2D eigenvalue weighted by Gasteiger charge is 2.30. The van der Waals surface area contributed by atoms with E-state index >= 15 is 0 Å². The number of benzene rings is 2. The van der Waals surface area contributed by atoms with Crippen molar-refractivity contribution in [1.82, 2.24) is 0 Å². The molecule has 0 bridgehead atoms. The lowest BCUT2D eigenvalue weighted by atomic mass is 9.79. The third kappa shape index (κ3) is 3.72. The van der Waals surface area contributed by atoms with Crippen LogP contribution in [0, 0.1) is 0 Å². The fourth-order valence-corrected chi connectivity index (χ4v) is 3.30. The minimum absolute atomic E-state index is 0.133. The van der Waals surface area contributed by atoms with Crippen molar-refractivity contribution in [2.45, 2.75) is 52.4 Å². The molecule has 2 aromatic rings. The maximum Gasteiger partial charge on any atom is 0.258 e. The fraction of sp³-hybridized carbons (Fsp3) is 0.333. The summed E-state index contributed by atoms with van der Waals surface area (Å²) in [6.07, 6.45) is 2.56. The lowest BCUT2D eigenvalue weighted by Gasteiger charge is -2.30. The first kappa shape index (κ1) is 19.9. The van der Waals surface area contributed by atoms with Crippen LogP contribution in [-0.2, 0) is 20.4 Å². The molecule has 2 aromatic carbocycles. The van der Waals surface area contributed by atoms with Crippen LogP contribution in [0.4, 0.5) is 5.69 Å². The van der Waals surface area contributed by atoms with Gasteiger partial charge in [-0.3, -0.25) is 9.59 Å². The smallest absolute Gasteiger partial charge is 0.258 e. The Hall–Kier alpha value is -2.88. The first-order valence-corrected chi connectivity index (χ1v) is 9.47. The zero-order valence-electron chi connectivity index (χ0n) is 17.4. The number of rotatable bonds is 3. The van der Waals surface area contributed by atoms with Gasteiger partial charge >= 0.3 is 0 Å². The number of ether oxygens (including phenoxy) is 1. The number of para-hydroxylation sites is 3. The van der Waals surface area contributed by atoms with Gasteiger partial charge in [-0.1, -0.05) is 71.9 Å². The van der Waals surface area contributed by atoms with Gasteiger partial charge in [0.15, 0.2) is 5.75 Å². The summed E-state index contributed by atoms with van der Waals surface area (Å²) in [5.41, 5.74) is 2.34. The third-order valence-corrected chi connectivity index (χ3v) is 4.76. The fourth-order valence-electron chi connectivity index (χ4n) is 3.30. The van der Waals surface area contributed by atoms with E-state index < -0.39 is 0 Å². The molecule has 28 heavy (non-hydrogen) atoms. The lowest BCUT2D eigenvalue weighted by Crippen LogP contribution is -2.30. The van der Waals surface area contributed by atoms with Gasteiger partial charge in [-0.05, 0) is 23.0 Å². The zero-order valence-corrected chi connectivity index (χ0v) is 17.4. The Morgan fingerprint density at radius 2 is 1.21 bits per heavy atom. The van der Waals surface area contributed by atoms with Crippen LogP contribution >= 0.6 is 0 Å². The van der Waals surface area contributed by atoms with Crippen LogP contribution in [0.25, 0.3) is 0 Å². The molecule has 0 saturated carbocycles. The van der Waals surface area contributed by atoms with E-state index in [1.54, 1.807) is 18.2 Å². The summed E-state index contributed by atoms with van der Waals surface area (Å²) in [4.78, 5) is 25.6. The molecule has 1 heterocycles. The van der Waals surface area contributed by atoms with E-state index in [-0.39, 0.29) is 22.6 Å². The zero-order chi connectivity index (χ0) is 20.7. The number of carbonyl (C=O) groups is 2. The largest absolute Gasteiger partial charge is 0.455 e. The van der Waals surface area contributed by atoms with E-state index in [9.17, 15) is 9.59 Å². The van der Waals surface area contributed by atoms with Gasteiger partial charge in [-0.15, -0.1) is 0 Å². The first-order valence-electron chi connectivity index (χ1n) is 9.47. The van der Waals surface area contributed by atoms with E-state index in [1.807, 2.05) is 6.07 Å². The van der Waals surface area contributed by atoms with Gasteiger partial charge in [0.1, 0.15) is 5.75 Å². The molecule has 2 amide bonds. The average Bonchev–Trinajstić information content (AvgIpc) is 2.92. The number of hydrogen-bond acceptors (Lipinski definition) is 3. The molecule has 0 saturated heterocycles. The van der Waals surface area contributed by atoms with Gasteiger partial charge in [-0.25, -0.2) is 4.90 Å². The second-order valence-electron chi connectivity index (χ2n) is 9.10. The number of hydrogen-bond donors (Lipinski definition) is 0. The minimum atomic E-state index is -0.360. The Morgan fingerprint density at radius 3 is 1.71 bits per heavy atom. The van der Waals surface area contributed by atoms with Crippen molar-refractivity contribution in [3.8, 4) is 11.5 Å². The van der Waals surface area contributed by atoms with E-state index in [4.69, 9.17) is 4.74 Å². The Morgan fingerprint density at radius 1 is 0.714 bits per heavy atom. The molecule has 0 unspecified atom stereocenters. The molecule has 0 fully saturated rings. The molecule has 0 N–H and O–H groups in total. The number of amides is 2. The molecule has 146 valence electrons. The standard InChI is InChI=1S/C24H27NO3/c1-23(2,3)16-10-9-11-17(24(4,5)6)22(16)28-19-13-8-7-12-18(19)25-20(26)14-15-21(25)27/h7-15H,1-6H3. The molecule has 3 rings (SSSR count). The quantitative estimate of drug-likeness (QED) is 0.663. The van der Waals surface area contributed by atoms with Crippen LogP contribution in [0.3, 0.4) is 0 Å². The molecule has 0 aromatic heterocycles. The Bertz CT molecular complexity index is 908. The summed E-state index contributed by atoms with van der Waals surface area (Å²) in [6.45, 7) is 12.9. The average molecular weight is 377 g/mol. The first-order chi connectivity index (χ1) is 13.0. The molecular formula is C24H27NO3. The highest BCUT2D eigenvalue weighted by molar-refractivity contribution is 6.28. The van der Waals surface area contributed by atoms with E-state index in [1.165, 1.54) is 12.2 Å². The third-order valence-electron chi connectivity index (χ3n) is 4.76. The molecule has 1 aliphatic heterocycles. The summed E-state index contributed by atoms with van der Waals surface area (Å²) in [6, 6.07) is 13.4. The summed E-state index contributed by atoms with van der Waals surface area (Å²) in [5.74, 6) is 0.541. The summed E-state index contributed by atoms with van der Waals surface area (Å²) in [7, 11) is 0. The van der Waals surface area contributed by atoms with Gasteiger partial charge in [0.05, 0.1) is 5.69 Å². The predicted octanol–water partition coefficient (Wildman–Crippen LogP) is 5.50. The molecule has 4 nitrogen and oxygen atoms in total. The molecule has 0 atom stereocenters. The lowest BCUT2D eigenvalue weighted by molar-refractivity contribution is -0.120. The summed E-state index contributed by atoms with van der Waals surface area (Å²) < 4.78 is 6.46. The molecular weight excluding hydrogens is 350 g/mol. The van der Waals surface area contributed by atoms with Gasteiger partial charge < -0.3 is 4.74 Å². The van der Waals surface area contributed by atoms with Crippen LogP contribution in [-0.4, -0.2) is 11.8 Å². The number of carbonyl (C=O) groups excluding carboxylic acids is 2. The number of imide groups is 1. The monoisotopic (exact) mass is 377 g/mol. The van der Waals surface area contributed by atoms with Crippen molar-refractivity contribution in [2.75, 3.05) is 4.90 Å². The molecule has 0 aliphatic carbocycles. The molecule has 4 heteroatoms. The van der Waals surface area contributed by atoms with Crippen molar-refractivity contribution in [3.05, 3.63) is 65.7 Å². The van der Waals surface area contributed by atoms with Crippen LogP contribution in [0.1, 0.15) is 52.7 Å². The van der Waals surface area contributed by atoms with E-state index in [0.29, 0.717) is 11.4 Å². The SMILES string of the molecule is CC(C)(C)c1cccc(C(C)(C)C)c1Oc1ccccc1N1C(=O)C=CC1=O. The molecule has 0 spiro atoms. The normalized spacial score (nSPS) is 14.7. The summed E-state index contributed by atoms with van der Waals surface area (Å²) >= 11 is 0. The van der Waals surface area contributed by atoms with Crippen molar-refractivity contribution >= 4 is 17.5 Å². The Balaban J connectivity index is 2.16. The summed E-state index contributed by atoms with van der Waals surface area (Å²) in [5, 5.41) is 0. The van der Waals surface area contributed by atoms with Crippen LogP contribution in [0.5, 0.6) is 11.5 Å². The second-order valence-corrected chi connectivity index (χ2v) is 9.10. The Labute approximate surface area is 166 Å². The van der Waals surface area contributed by atoms with Crippen molar-refractivity contribution in [1.29, 1.82) is 0 Å². The van der Waals surface area contributed by atoms with E-state index in [2.05, 4.69) is 59.7 Å². The maximum absolute atomic E-state index is 12.2. The number of nitrogens with zero attached hydrogens (tertiary/aromatic N) is 1. The Kier molecular flexibility index (Phi) is 4.92. The van der Waals surface area contributed by atoms with Gasteiger partial charge in [0.2, 0.25) is 0 Å². The van der Waals surface area contributed by atoms with Gasteiger partial charge in [0, 0.05) is 23.3 Å². The van der Waals surface area contributed by atoms with Gasteiger partial charge in [0.25, 0.3) is 11.8 Å². The van der Waals surface area contributed by atoms with Crippen molar-refractivity contribution < 1.29 is 14.3 Å². The molecule has 0 radical (unpaired) electrons. The predicted molar refractivity (Wildman–Crippen MR) is 112 cm³/mol. The van der Waals surface area contributed by atoms with Crippen LogP contribution in [0.2, 0.25) is 0 Å². The number of anilines is 1. The highest BCUT2D eigenvalue weighted by Crippen LogP contribution is 2.43.